The second-order valence-electron chi connectivity index (χ2n) is 6.51. The Labute approximate surface area is 167 Å². The van der Waals surface area contributed by atoms with Gasteiger partial charge in [0, 0.05) is 17.8 Å². The van der Waals surface area contributed by atoms with Gasteiger partial charge < -0.3 is 17.7 Å². The molecule has 0 bridgehead atoms. The molecular weight excluding hydrogens is 356 g/mol. The third-order valence-electron chi connectivity index (χ3n) is 4.37. The van der Waals surface area contributed by atoms with Crippen molar-refractivity contribution < 1.29 is 22.5 Å². The molecule has 3 aromatic carbocycles. The van der Waals surface area contributed by atoms with E-state index < -0.39 is 0 Å². The molecular formula is C23H25ClN2O. The lowest BCUT2D eigenvalue weighted by Gasteiger charge is -2.23. The second kappa shape index (κ2) is 10.5. The van der Waals surface area contributed by atoms with Crippen molar-refractivity contribution in [2.24, 2.45) is 0 Å². The molecule has 27 heavy (non-hydrogen) atoms. The highest BCUT2D eigenvalue weighted by atomic mass is 35.5. The predicted molar refractivity (Wildman–Crippen MR) is 106 cm³/mol. The first kappa shape index (κ1) is 20.7. The minimum absolute atomic E-state index is 0. The Bertz CT molecular complexity index is 770. The van der Waals surface area contributed by atoms with Crippen molar-refractivity contribution in [1.29, 1.82) is 0 Å². The standard InChI is InChI=1S/C23H24N2O.ClH/c1-19(17-20-11-5-2-6-12-20)24-18-23(26)25(21-13-7-3-8-14-21)22-15-9-4-10-16-22;/h2-16,19,24H,17-18H2,1H3;1H. The third kappa shape index (κ3) is 5.95. The van der Waals surface area contributed by atoms with Crippen LogP contribution in [0.5, 0.6) is 0 Å². The van der Waals surface area contributed by atoms with E-state index in [1.807, 2.05) is 66.7 Å². The number of benzene rings is 3. The van der Waals surface area contributed by atoms with Gasteiger partial charge in [-0.25, -0.2) is 0 Å². The van der Waals surface area contributed by atoms with E-state index in [0.29, 0.717) is 12.6 Å². The molecule has 0 aliphatic heterocycles. The Kier molecular flexibility index (Phi) is 8.05. The van der Waals surface area contributed by atoms with Gasteiger partial charge in [0.1, 0.15) is 0 Å². The molecule has 3 nitrogen and oxygen atoms in total. The summed E-state index contributed by atoms with van der Waals surface area (Å²) in [6.07, 6.45) is 0.949. The van der Waals surface area contributed by atoms with Crippen molar-refractivity contribution in [1.82, 2.24) is 0 Å². The van der Waals surface area contributed by atoms with E-state index in [-0.39, 0.29) is 18.3 Å². The SMILES string of the molecule is CC(Cc1ccccc1)[NH2+]CC(=O)N(c1ccccc1)c1ccccc1.[Cl-]. The van der Waals surface area contributed by atoms with Crippen LogP contribution in [0.2, 0.25) is 0 Å². The number of hydrogen-bond acceptors (Lipinski definition) is 1. The first-order chi connectivity index (χ1) is 12.7. The maximum absolute atomic E-state index is 13.0. The highest BCUT2D eigenvalue weighted by molar-refractivity contribution is 6.00. The highest BCUT2D eigenvalue weighted by Crippen LogP contribution is 2.24. The smallest absolute Gasteiger partial charge is 0.286 e. The van der Waals surface area contributed by atoms with Gasteiger partial charge in [0.05, 0.1) is 6.04 Å². The molecule has 1 unspecified atom stereocenters. The lowest BCUT2D eigenvalue weighted by atomic mass is 10.1. The summed E-state index contributed by atoms with van der Waals surface area (Å²) in [4.78, 5) is 14.8. The number of nitrogens with zero attached hydrogens (tertiary/aromatic N) is 1. The van der Waals surface area contributed by atoms with Crippen LogP contribution in [-0.4, -0.2) is 18.5 Å². The number of carbonyl (C=O) groups excluding carboxylic acids is 1. The number of nitrogens with two attached hydrogens (primary N) is 1. The van der Waals surface area contributed by atoms with Crippen molar-refractivity contribution in [2.45, 2.75) is 19.4 Å². The summed E-state index contributed by atoms with van der Waals surface area (Å²) in [5.41, 5.74) is 3.09. The maximum Gasteiger partial charge on any atom is 0.286 e. The van der Waals surface area contributed by atoms with Crippen LogP contribution in [0.3, 0.4) is 0 Å². The molecule has 1 atom stereocenters. The van der Waals surface area contributed by atoms with Crippen LogP contribution in [0.25, 0.3) is 0 Å². The molecule has 0 saturated heterocycles. The Morgan fingerprint density at radius 1 is 0.815 bits per heavy atom. The molecule has 1 amide bonds. The van der Waals surface area contributed by atoms with Gasteiger partial charge in [-0.15, -0.1) is 0 Å². The minimum atomic E-state index is 0. The molecule has 0 spiro atoms. The van der Waals surface area contributed by atoms with Gasteiger partial charge in [0.25, 0.3) is 5.91 Å². The summed E-state index contributed by atoms with van der Waals surface area (Å²) in [6.45, 7) is 2.58. The number of para-hydroxylation sites is 2. The summed E-state index contributed by atoms with van der Waals surface area (Å²) in [5, 5.41) is 2.12. The number of rotatable bonds is 7. The number of quaternary nitrogens is 1. The van der Waals surface area contributed by atoms with Gasteiger partial charge in [0.2, 0.25) is 0 Å². The van der Waals surface area contributed by atoms with E-state index in [1.54, 1.807) is 4.90 Å². The molecule has 4 heteroatoms. The fourth-order valence-electron chi connectivity index (χ4n) is 3.05. The molecule has 0 fully saturated rings. The topological polar surface area (TPSA) is 36.9 Å². The van der Waals surface area contributed by atoms with Crippen molar-refractivity contribution in [3.8, 4) is 0 Å². The van der Waals surface area contributed by atoms with E-state index in [2.05, 4.69) is 36.5 Å². The minimum Gasteiger partial charge on any atom is -1.00 e. The monoisotopic (exact) mass is 380 g/mol. The van der Waals surface area contributed by atoms with Crippen molar-refractivity contribution in [3.63, 3.8) is 0 Å². The molecule has 2 N–H and O–H groups in total. The van der Waals surface area contributed by atoms with Gasteiger partial charge in [-0.3, -0.25) is 9.69 Å². The summed E-state index contributed by atoms with van der Waals surface area (Å²) < 4.78 is 0. The van der Waals surface area contributed by atoms with E-state index in [9.17, 15) is 4.79 Å². The van der Waals surface area contributed by atoms with E-state index >= 15 is 0 Å². The molecule has 3 aromatic rings. The molecule has 0 radical (unpaired) electrons. The van der Waals surface area contributed by atoms with Crippen LogP contribution < -0.4 is 22.6 Å². The van der Waals surface area contributed by atoms with Gasteiger partial charge in [-0.1, -0.05) is 66.7 Å². The van der Waals surface area contributed by atoms with Crippen LogP contribution in [0, 0.1) is 0 Å². The van der Waals surface area contributed by atoms with E-state index in [4.69, 9.17) is 0 Å². The van der Waals surface area contributed by atoms with Crippen molar-refractivity contribution in [2.75, 3.05) is 11.4 Å². The van der Waals surface area contributed by atoms with Crippen LogP contribution in [0.15, 0.2) is 91.0 Å². The first-order valence-corrected chi connectivity index (χ1v) is 9.04. The Morgan fingerprint density at radius 2 is 1.26 bits per heavy atom. The average Bonchev–Trinajstić information content (AvgIpc) is 2.69. The number of halogens is 1. The van der Waals surface area contributed by atoms with E-state index in [0.717, 1.165) is 17.8 Å². The highest BCUT2D eigenvalue weighted by Gasteiger charge is 2.20. The zero-order chi connectivity index (χ0) is 18.2. The number of amides is 1. The largest absolute Gasteiger partial charge is 1.00 e. The molecule has 0 aliphatic rings. The van der Waals surface area contributed by atoms with Crippen molar-refractivity contribution in [3.05, 3.63) is 96.6 Å². The number of anilines is 2. The summed E-state index contributed by atoms with van der Waals surface area (Å²) in [6, 6.07) is 30.4. The normalized spacial score (nSPS) is 11.3. The number of hydrogen-bond donors (Lipinski definition) is 1. The molecule has 0 heterocycles. The third-order valence-corrected chi connectivity index (χ3v) is 4.37. The predicted octanol–water partition coefficient (Wildman–Crippen LogP) is 0.550. The van der Waals surface area contributed by atoms with Gasteiger partial charge in [0.15, 0.2) is 6.54 Å². The Hall–Kier alpha value is -2.62. The second-order valence-corrected chi connectivity index (χ2v) is 6.51. The Morgan fingerprint density at radius 3 is 1.74 bits per heavy atom. The summed E-state index contributed by atoms with van der Waals surface area (Å²) in [5.74, 6) is 0.0855. The van der Waals surface area contributed by atoms with Crippen LogP contribution in [0.4, 0.5) is 11.4 Å². The molecule has 3 rings (SSSR count). The summed E-state index contributed by atoms with van der Waals surface area (Å²) in [7, 11) is 0. The van der Waals surface area contributed by atoms with Crippen molar-refractivity contribution >= 4 is 17.3 Å². The molecule has 140 valence electrons. The first-order valence-electron chi connectivity index (χ1n) is 9.04. The molecule has 0 aliphatic carbocycles. The average molecular weight is 381 g/mol. The van der Waals surface area contributed by atoms with E-state index in [1.165, 1.54) is 5.56 Å². The van der Waals surface area contributed by atoms with Crippen LogP contribution in [-0.2, 0) is 11.2 Å². The quantitative estimate of drug-likeness (QED) is 0.638. The molecule has 0 aromatic heterocycles. The zero-order valence-corrected chi connectivity index (χ0v) is 16.2. The molecule has 0 saturated carbocycles. The number of carbonyl (C=O) groups is 1. The summed E-state index contributed by atoms with van der Waals surface area (Å²) >= 11 is 0. The fourth-order valence-corrected chi connectivity index (χ4v) is 3.05. The van der Waals surface area contributed by atoms with Gasteiger partial charge in [-0.2, -0.15) is 0 Å². The maximum atomic E-state index is 13.0. The van der Waals surface area contributed by atoms with Gasteiger partial charge in [-0.05, 0) is 36.8 Å². The van der Waals surface area contributed by atoms with Gasteiger partial charge >= 0.3 is 0 Å². The zero-order valence-electron chi connectivity index (χ0n) is 15.5. The van der Waals surface area contributed by atoms with Crippen LogP contribution >= 0.6 is 0 Å². The lowest BCUT2D eigenvalue weighted by molar-refractivity contribution is -0.675. The lowest BCUT2D eigenvalue weighted by Crippen LogP contribution is -3.00. The fraction of sp³-hybridized carbons (Fsp3) is 0.174. The Balaban J connectivity index is 0.00000261. The van der Waals surface area contributed by atoms with Crippen LogP contribution in [0.1, 0.15) is 12.5 Å².